The maximum atomic E-state index is 12.7. The zero-order chi connectivity index (χ0) is 16.6. The van der Waals surface area contributed by atoms with Crippen LogP contribution in [0.25, 0.3) is 0 Å². The zero-order valence-electron chi connectivity index (χ0n) is 13.1. The van der Waals surface area contributed by atoms with Gasteiger partial charge >= 0.3 is 5.97 Å². The summed E-state index contributed by atoms with van der Waals surface area (Å²) >= 11 is 5.91. The molecule has 0 aromatic heterocycles. The predicted molar refractivity (Wildman–Crippen MR) is 88.4 cm³/mol. The standard InChI is InChI=1S/C18H20ClNO3/c1-11-3-2-4-14(11)17(21)20-9-15(16(10-20)18(22)23)12-5-7-13(19)8-6-12/h5-8,15-16H,2-4,9-10H2,1H3,(H,22,23)/t15-,16+/m0/s1. The lowest BCUT2D eigenvalue weighted by Gasteiger charge is -2.18. The molecular weight excluding hydrogens is 314 g/mol. The second-order valence-corrected chi connectivity index (χ2v) is 6.86. The molecule has 0 unspecified atom stereocenters. The number of allylic oxidation sites excluding steroid dienone is 1. The van der Waals surface area contributed by atoms with Crippen LogP contribution in [-0.2, 0) is 9.59 Å². The number of aliphatic carboxylic acids is 1. The van der Waals surface area contributed by atoms with Gasteiger partial charge in [0.25, 0.3) is 0 Å². The van der Waals surface area contributed by atoms with Crippen molar-refractivity contribution in [2.45, 2.75) is 32.1 Å². The van der Waals surface area contributed by atoms with Crippen LogP contribution in [0.5, 0.6) is 0 Å². The van der Waals surface area contributed by atoms with E-state index in [0.717, 1.165) is 36.0 Å². The Morgan fingerprint density at radius 1 is 1.17 bits per heavy atom. The summed E-state index contributed by atoms with van der Waals surface area (Å²) < 4.78 is 0. The first-order chi connectivity index (χ1) is 11.0. The third-order valence-electron chi connectivity index (χ3n) is 4.97. The minimum atomic E-state index is -0.850. The summed E-state index contributed by atoms with van der Waals surface area (Å²) in [6, 6.07) is 7.25. The summed E-state index contributed by atoms with van der Waals surface area (Å²) in [6.07, 6.45) is 2.80. The van der Waals surface area contributed by atoms with Crippen LogP contribution in [-0.4, -0.2) is 35.0 Å². The number of hydrogen-bond donors (Lipinski definition) is 1. The predicted octanol–water partition coefficient (Wildman–Crippen LogP) is 3.47. The van der Waals surface area contributed by atoms with Crippen LogP contribution in [0.1, 0.15) is 37.7 Å². The summed E-state index contributed by atoms with van der Waals surface area (Å²) in [7, 11) is 0. The third kappa shape index (κ3) is 3.13. The largest absolute Gasteiger partial charge is 0.481 e. The van der Waals surface area contributed by atoms with Gasteiger partial charge < -0.3 is 10.0 Å². The van der Waals surface area contributed by atoms with E-state index in [0.29, 0.717) is 11.6 Å². The first-order valence-electron chi connectivity index (χ1n) is 7.93. The number of hydrogen-bond acceptors (Lipinski definition) is 2. The second kappa shape index (κ2) is 6.36. The van der Waals surface area contributed by atoms with Gasteiger partial charge in [0.1, 0.15) is 0 Å². The Kier molecular flexibility index (Phi) is 4.44. The minimum absolute atomic E-state index is 0.0164. The average Bonchev–Trinajstić information content (AvgIpc) is 3.14. The van der Waals surface area contributed by atoms with Gasteiger partial charge in [-0.1, -0.05) is 29.3 Å². The van der Waals surface area contributed by atoms with E-state index in [-0.39, 0.29) is 18.4 Å². The Morgan fingerprint density at radius 3 is 2.43 bits per heavy atom. The molecule has 122 valence electrons. The number of carbonyl (C=O) groups is 2. The van der Waals surface area contributed by atoms with Crippen molar-refractivity contribution in [2.24, 2.45) is 5.92 Å². The van der Waals surface area contributed by atoms with Crippen molar-refractivity contribution in [3.05, 3.63) is 46.0 Å². The number of benzene rings is 1. The van der Waals surface area contributed by atoms with E-state index in [9.17, 15) is 14.7 Å². The lowest BCUT2D eigenvalue weighted by molar-refractivity contribution is -0.141. The van der Waals surface area contributed by atoms with Gasteiger partial charge in [-0.05, 0) is 43.9 Å². The molecule has 2 atom stereocenters. The van der Waals surface area contributed by atoms with Gasteiger partial charge in [0.05, 0.1) is 5.92 Å². The normalized spacial score (nSPS) is 24.3. The average molecular weight is 334 g/mol. The molecule has 2 aliphatic rings. The van der Waals surface area contributed by atoms with Crippen LogP contribution in [0.3, 0.4) is 0 Å². The molecule has 3 rings (SSSR count). The van der Waals surface area contributed by atoms with E-state index < -0.39 is 11.9 Å². The number of halogens is 1. The molecule has 1 amide bonds. The monoisotopic (exact) mass is 333 g/mol. The number of likely N-dealkylation sites (tertiary alicyclic amines) is 1. The molecular formula is C18H20ClNO3. The lowest BCUT2D eigenvalue weighted by atomic mass is 9.89. The van der Waals surface area contributed by atoms with Crippen LogP contribution >= 0.6 is 11.6 Å². The summed E-state index contributed by atoms with van der Waals surface area (Å²) in [5.74, 6) is -1.58. The molecule has 0 radical (unpaired) electrons. The van der Waals surface area contributed by atoms with Crippen molar-refractivity contribution < 1.29 is 14.7 Å². The summed E-state index contributed by atoms with van der Waals surface area (Å²) in [4.78, 5) is 26.1. The molecule has 1 N–H and O–H groups in total. The second-order valence-electron chi connectivity index (χ2n) is 6.43. The fourth-order valence-corrected chi connectivity index (χ4v) is 3.77. The summed E-state index contributed by atoms with van der Waals surface area (Å²) in [6.45, 7) is 2.73. The van der Waals surface area contributed by atoms with Crippen LogP contribution in [0.4, 0.5) is 0 Å². The number of amides is 1. The van der Waals surface area contributed by atoms with E-state index in [4.69, 9.17) is 11.6 Å². The van der Waals surface area contributed by atoms with Gasteiger partial charge in [-0.3, -0.25) is 9.59 Å². The van der Waals surface area contributed by atoms with E-state index in [1.807, 2.05) is 19.1 Å². The smallest absolute Gasteiger partial charge is 0.308 e. The van der Waals surface area contributed by atoms with Crippen molar-refractivity contribution in [2.75, 3.05) is 13.1 Å². The van der Waals surface area contributed by atoms with Crippen LogP contribution in [0.2, 0.25) is 5.02 Å². The Hall–Kier alpha value is -1.81. The van der Waals surface area contributed by atoms with Gasteiger partial charge in [0.2, 0.25) is 5.91 Å². The molecule has 0 bridgehead atoms. The van der Waals surface area contributed by atoms with E-state index in [1.165, 1.54) is 0 Å². The highest BCUT2D eigenvalue weighted by Gasteiger charge is 2.41. The number of nitrogens with zero attached hydrogens (tertiary/aromatic N) is 1. The maximum Gasteiger partial charge on any atom is 0.308 e. The zero-order valence-corrected chi connectivity index (χ0v) is 13.8. The molecule has 1 aliphatic carbocycles. The van der Waals surface area contributed by atoms with Gasteiger partial charge in [-0.15, -0.1) is 0 Å². The van der Waals surface area contributed by atoms with Crippen molar-refractivity contribution in [3.8, 4) is 0 Å². The highest BCUT2D eigenvalue weighted by atomic mass is 35.5. The number of carbonyl (C=O) groups excluding carboxylic acids is 1. The highest BCUT2D eigenvalue weighted by Crippen LogP contribution is 2.36. The number of carboxylic acid groups (broad SMARTS) is 1. The Morgan fingerprint density at radius 2 is 1.87 bits per heavy atom. The van der Waals surface area contributed by atoms with Crippen LogP contribution in [0.15, 0.2) is 35.4 Å². The number of rotatable bonds is 3. The Labute approximate surface area is 140 Å². The van der Waals surface area contributed by atoms with E-state index in [1.54, 1.807) is 17.0 Å². The summed E-state index contributed by atoms with van der Waals surface area (Å²) in [5, 5.41) is 10.2. The quantitative estimate of drug-likeness (QED) is 0.921. The molecule has 4 nitrogen and oxygen atoms in total. The fraction of sp³-hybridized carbons (Fsp3) is 0.444. The number of carboxylic acids is 1. The topological polar surface area (TPSA) is 57.6 Å². The Balaban J connectivity index is 1.84. The molecule has 1 fully saturated rings. The molecule has 1 aromatic carbocycles. The third-order valence-corrected chi connectivity index (χ3v) is 5.23. The molecule has 1 heterocycles. The van der Waals surface area contributed by atoms with Gasteiger partial charge in [0.15, 0.2) is 0 Å². The van der Waals surface area contributed by atoms with Crippen molar-refractivity contribution in [1.82, 2.24) is 4.90 Å². The summed E-state index contributed by atoms with van der Waals surface area (Å²) in [5.41, 5.74) is 2.96. The SMILES string of the molecule is CC1=C(C(=O)N2C[C@@H](C(=O)O)[C@H](c3ccc(Cl)cc3)C2)CCC1. The molecule has 23 heavy (non-hydrogen) atoms. The minimum Gasteiger partial charge on any atom is -0.481 e. The Bertz CT molecular complexity index is 665. The van der Waals surface area contributed by atoms with Gasteiger partial charge in [-0.25, -0.2) is 0 Å². The molecule has 0 spiro atoms. The van der Waals surface area contributed by atoms with Gasteiger partial charge in [-0.2, -0.15) is 0 Å². The van der Waals surface area contributed by atoms with Crippen molar-refractivity contribution in [3.63, 3.8) is 0 Å². The molecule has 0 saturated carbocycles. The van der Waals surface area contributed by atoms with Gasteiger partial charge in [0, 0.05) is 29.6 Å². The van der Waals surface area contributed by atoms with E-state index in [2.05, 4.69) is 0 Å². The first-order valence-corrected chi connectivity index (χ1v) is 8.31. The first kappa shape index (κ1) is 16.1. The van der Waals surface area contributed by atoms with Crippen molar-refractivity contribution in [1.29, 1.82) is 0 Å². The molecule has 5 heteroatoms. The van der Waals surface area contributed by atoms with Crippen molar-refractivity contribution >= 4 is 23.5 Å². The van der Waals surface area contributed by atoms with Crippen LogP contribution in [0, 0.1) is 5.92 Å². The molecule has 1 aliphatic heterocycles. The lowest BCUT2D eigenvalue weighted by Crippen LogP contribution is -2.31. The molecule has 1 saturated heterocycles. The highest BCUT2D eigenvalue weighted by molar-refractivity contribution is 6.30. The fourth-order valence-electron chi connectivity index (χ4n) is 3.64. The maximum absolute atomic E-state index is 12.7. The van der Waals surface area contributed by atoms with Crippen LogP contribution < -0.4 is 0 Å². The molecule has 1 aromatic rings. The van der Waals surface area contributed by atoms with E-state index >= 15 is 0 Å².